The third-order valence-corrected chi connectivity index (χ3v) is 3.60. The number of aromatic nitrogens is 3. The topological polar surface area (TPSA) is 85.2 Å². The Morgan fingerprint density at radius 2 is 1.67 bits per heavy atom. The number of carbonyl (C=O) groups is 1. The lowest BCUT2D eigenvalue weighted by Crippen LogP contribution is -1.95. The molecule has 6 heteroatoms. The van der Waals surface area contributed by atoms with Gasteiger partial charge in [-0.25, -0.2) is 15.0 Å². The van der Waals surface area contributed by atoms with Crippen molar-refractivity contribution in [3.8, 4) is 17.0 Å². The van der Waals surface area contributed by atoms with Gasteiger partial charge in [-0.15, -0.1) is 0 Å². The molecule has 0 aliphatic heterocycles. The number of pyridine rings is 1. The molecule has 0 aliphatic carbocycles. The Morgan fingerprint density at radius 1 is 1.04 bits per heavy atom. The molecule has 0 saturated heterocycles. The first-order chi connectivity index (χ1) is 11.5. The summed E-state index contributed by atoms with van der Waals surface area (Å²) in [6, 6.07) is 6.10. The molecule has 0 bridgehead atoms. The molecule has 3 rings (SSSR count). The second-order valence-corrected chi connectivity index (χ2v) is 5.29. The van der Waals surface area contributed by atoms with E-state index in [1.54, 1.807) is 7.11 Å². The molecular weight excluding hydrogens is 306 g/mol. The Kier molecular flexibility index (Phi) is 5.42. The molecule has 124 valence electrons. The van der Waals surface area contributed by atoms with Gasteiger partial charge in [0.1, 0.15) is 11.6 Å². The zero-order valence-electron chi connectivity index (χ0n) is 14.1. The summed E-state index contributed by atoms with van der Waals surface area (Å²) < 4.78 is 5.34. The lowest BCUT2D eigenvalue weighted by atomic mass is 10.0. The van der Waals surface area contributed by atoms with E-state index >= 15 is 0 Å². The highest BCUT2D eigenvalue weighted by atomic mass is 16.5. The number of aryl methyl sites for hydroxylation is 3. The molecule has 2 aromatic heterocycles. The molecule has 0 aliphatic rings. The monoisotopic (exact) mass is 325 g/mol. The van der Waals surface area contributed by atoms with Crippen LogP contribution in [0.1, 0.15) is 17.0 Å². The molecule has 0 atom stereocenters. The first-order valence-corrected chi connectivity index (χ1v) is 7.33. The zero-order chi connectivity index (χ0) is 17.7. The summed E-state index contributed by atoms with van der Waals surface area (Å²) in [6.07, 6.45) is 3.63. The summed E-state index contributed by atoms with van der Waals surface area (Å²) in [4.78, 5) is 21.6. The van der Waals surface area contributed by atoms with Gasteiger partial charge in [0.15, 0.2) is 0 Å². The van der Waals surface area contributed by atoms with E-state index in [9.17, 15) is 0 Å². The van der Waals surface area contributed by atoms with E-state index in [-0.39, 0.29) is 6.47 Å². The Hall–Kier alpha value is -3.02. The number of nitrogens with zero attached hydrogens (tertiary/aromatic N) is 3. The molecular formula is C18H19N3O3. The number of carboxylic acid groups (broad SMARTS) is 1. The zero-order valence-corrected chi connectivity index (χ0v) is 14.1. The minimum Gasteiger partial charge on any atom is -0.497 e. The predicted octanol–water partition coefficient (Wildman–Crippen LogP) is 3.33. The molecule has 2 heterocycles. The van der Waals surface area contributed by atoms with Crippen molar-refractivity contribution >= 4 is 17.4 Å². The first-order valence-electron chi connectivity index (χ1n) is 7.33. The van der Waals surface area contributed by atoms with Gasteiger partial charge < -0.3 is 9.84 Å². The van der Waals surface area contributed by atoms with Crippen LogP contribution in [-0.2, 0) is 4.79 Å². The summed E-state index contributed by atoms with van der Waals surface area (Å²) >= 11 is 0. The van der Waals surface area contributed by atoms with Crippen LogP contribution >= 0.6 is 0 Å². The maximum Gasteiger partial charge on any atom is 0.290 e. The Labute approximate surface area is 140 Å². The highest BCUT2D eigenvalue weighted by Gasteiger charge is 2.09. The number of hydrogen-bond acceptors (Lipinski definition) is 5. The van der Waals surface area contributed by atoms with E-state index in [0.29, 0.717) is 0 Å². The summed E-state index contributed by atoms with van der Waals surface area (Å²) in [5, 5.41) is 8.00. The predicted molar refractivity (Wildman–Crippen MR) is 92.2 cm³/mol. The summed E-state index contributed by atoms with van der Waals surface area (Å²) in [5.41, 5.74) is 5.08. The average molecular weight is 325 g/mol. The number of ether oxygens (including phenoxy) is 1. The highest BCUT2D eigenvalue weighted by molar-refractivity contribution is 5.88. The third kappa shape index (κ3) is 3.65. The number of methoxy groups -OCH3 is 1. The van der Waals surface area contributed by atoms with Gasteiger partial charge in [-0.3, -0.25) is 4.79 Å². The fraction of sp³-hybridized carbons (Fsp3) is 0.222. The van der Waals surface area contributed by atoms with E-state index in [1.165, 1.54) is 0 Å². The quantitative estimate of drug-likeness (QED) is 0.727. The molecule has 24 heavy (non-hydrogen) atoms. The molecule has 1 aromatic carbocycles. The minimum atomic E-state index is -0.250. The molecule has 6 nitrogen and oxygen atoms in total. The second-order valence-electron chi connectivity index (χ2n) is 5.29. The van der Waals surface area contributed by atoms with Crippen LogP contribution in [0, 0.1) is 20.8 Å². The third-order valence-electron chi connectivity index (χ3n) is 3.60. The first kappa shape index (κ1) is 17.3. The van der Waals surface area contributed by atoms with Gasteiger partial charge in [-0.05, 0) is 50.1 Å². The maximum atomic E-state index is 8.36. The normalized spacial score (nSPS) is 10.0. The van der Waals surface area contributed by atoms with Crippen molar-refractivity contribution in [1.82, 2.24) is 15.0 Å². The fourth-order valence-electron chi connectivity index (χ4n) is 2.42. The summed E-state index contributed by atoms with van der Waals surface area (Å²) in [7, 11) is 1.68. The van der Waals surface area contributed by atoms with E-state index in [0.717, 1.165) is 44.9 Å². The summed E-state index contributed by atoms with van der Waals surface area (Å²) in [6.45, 7) is 5.76. The molecule has 0 radical (unpaired) electrons. The number of fused-ring (bicyclic) bond motifs is 1. The van der Waals surface area contributed by atoms with Crippen LogP contribution in [0.4, 0.5) is 0 Å². The maximum absolute atomic E-state index is 8.36. The van der Waals surface area contributed by atoms with Crippen molar-refractivity contribution in [3.63, 3.8) is 0 Å². The molecule has 0 spiro atoms. The molecule has 0 saturated carbocycles. The van der Waals surface area contributed by atoms with Crippen LogP contribution in [0.2, 0.25) is 0 Å². The van der Waals surface area contributed by atoms with E-state index in [2.05, 4.69) is 23.0 Å². The Morgan fingerprint density at radius 3 is 2.25 bits per heavy atom. The smallest absolute Gasteiger partial charge is 0.290 e. The van der Waals surface area contributed by atoms with Crippen molar-refractivity contribution in [2.75, 3.05) is 7.11 Å². The Balaban J connectivity index is 0.000000647. The van der Waals surface area contributed by atoms with Crippen LogP contribution < -0.4 is 4.74 Å². The van der Waals surface area contributed by atoms with Crippen LogP contribution in [-0.4, -0.2) is 33.6 Å². The lowest BCUT2D eigenvalue weighted by molar-refractivity contribution is -0.122. The van der Waals surface area contributed by atoms with Gasteiger partial charge in [0.2, 0.25) is 0 Å². The van der Waals surface area contributed by atoms with Gasteiger partial charge in [0, 0.05) is 23.3 Å². The van der Waals surface area contributed by atoms with Crippen LogP contribution in [0.3, 0.4) is 0 Å². The van der Waals surface area contributed by atoms with Gasteiger partial charge in [-0.2, -0.15) is 0 Å². The molecule has 0 fully saturated rings. The van der Waals surface area contributed by atoms with Crippen molar-refractivity contribution < 1.29 is 14.6 Å². The van der Waals surface area contributed by atoms with Crippen LogP contribution in [0.25, 0.3) is 22.2 Å². The van der Waals surface area contributed by atoms with Gasteiger partial charge in [0.05, 0.1) is 18.3 Å². The number of benzene rings is 1. The van der Waals surface area contributed by atoms with E-state index < -0.39 is 0 Å². The van der Waals surface area contributed by atoms with Crippen LogP contribution in [0.5, 0.6) is 5.75 Å². The minimum absolute atomic E-state index is 0.250. The molecule has 1 N–H and O–H groups in total. The SMILES string of the molecule is COc1cc(C)c2nc(-c3cnc(C)nc3)cc(C)c2c1.O=CO. The number of rotatable bonds is 2. The molecule has 3 aromatic rings. The Bertz CT molecular complexity index is 862. The largest absolute Gasteiger partial charge is 0.497 e. The van der Waals surface area contributed by atoms with Crippen molar-refractivity contribution in [2.24, 2.45) is 0 Å². The van der Waals surface area contributed by atoms with Gasteiger partial charge >= 0.3 is 0 Å². The van der Waals surface area contributed by atoms with Crippen molar-refractivity contribution in [3.05, 3.63) is 47.5 Å². The van der Waals surface area contributed by atoms with Crippen molar-refractivity contribution in [1.29, 1.82) is 0 Å². The second kappa shape index (κ2) is 7.50. The fourth-order valence-corrected chi connectivity index (χ4v) is 2.42. The summed E-state index contributed by atoms with van der Waals surface area (Å²) in [5.74, 6) is 1.62. The standard InChI is InChI=1S/C17H17N3O.CH2O2/c1-10-6-16(13-8-18-12(3)19-9-13)20-17-11(2)5-14(21-4)7-15(10)17;2-1-3/h5-9H,1-4H3;1H,(H,2,3). The van der Waals surface area contributed by atoms with Crippen LogP contribution in [0.15, 0.2) is 30.6 Å². The average Bonchev–Trinajstić information content (AvgIpc) is 2.56. The van der Waals surface area contributed by atoms with Crippen molar-refractivity contribution in [2.45, 2.75) is 20.8 Å². The highest BCUT2D eigenvalue weighted by Crippen LogP contribution is 2.29. The lowest BCUT2D eigenvalue weighted by Gasteiger charge is -2.10. The number of hydrogen-bond donors (Lipinski definition) is 1. The van der Waals surface area contributed by atoms with Gasteiger partial charge in [-0.1, -0.05) is 0 Å². The van der Waals surface area contributed by atoms with E-state index in [1.807, 2.05) is 38.4 Å². The molecule has 0 amide bonds. The molecule has 0 unspecified atom stereocenters. The van der Waals surface area contributed by atoms with Gasteiger partial charge in [0.25, 0.3) is 6.47 Å². The van der Waals surface area contributed by atoms with E-state index in [4.69, 9.17) is 19.6 Å².